The zero-order valence-corrected chi connectivity index (χ0v) is 16.0. The number of hydrogen-bond donors (Lipinski definition) is 0. The van der Waals surface area contributed by atoms with Crippen LogP contribution in [0.5, 0.6) is 0 Å². The van der Waals surface area contributed by atoms with Crippen LogP contribution in [0.4, 0.5) is 0 Å². The van der Waals surface area contributed by atoms with Crippen LogP contribution in [0.2, 0.25) is 0 Å². The van der Waals surface area contributed by atoms with Crippen molar-refractivity contribution < 1.29 is 22.5 Å². The van der Waals surface area contributed by atoms with Gasteiger partial charge in [-0.3, -0.25) is 4.57 Å². The fraction of sp³-hybridized carbons (Fsp3) is 1.00. The molecular weight excluding hydrogens is 295 g/mol. The second-order valence-corrected chi connectivity index (χ2v) is 10.0. The molecule has 1 atom stereocenters. The minimum absolute atomic E-state index is 0.161. The lowest BCUT2D eigenvalue weighted by atomic mass is 10.5. The average molecular weight is 326 g/mol. The first-order valence-corrected chi connectivity index (χ1v) is 10.7. The van der Waals surface area contributed by atoms with Crippen LogP contribution >= 0.6 is 7.60 Å². The summed E-state index contributed by atoms with van der Waals surface area (Å²) in [5.41, 5.74) is 0. The van der Waals surface area contributed by atoms with Gasteiger partial charge < -0.3 is 17.9 Å². The number of rotatable bonds is 11. The van der Waals surface area contributed by atoms with E-state index in [0.29, 0.717) is 19.6 Å². The molecule has 1 unspecified atom stereocenters. The lowest BCUT2D eigenvalue weighted by Crippen LogP contribution is -2.39. The molecule has 0 aliphatic heterocycles. The van der Waals surface area contributed by atoms with E-state index in [-0.39, 0.29) is 17.5 Å². The van der Waals surface area contributed by atoms with Crippen LogP contribution in [-0.2, 0) is 22.5 Å². The maximum Gasteiger partial charge on any atom is 0.336 e. The zero-order chi connectivity index (χ0) is 15.8. The summed E-state index contributed by atoms with van der Waals surface area (Å²) in [7, 11) is -5.35. The molecule has 7 heteroatoms. The summed E-state index contributed by atoms with van der Waals surface area (Å²) in [6.45, 7) is 14.4. The highest BCUT2D eigenvalue weighted by molar-refractivity contribution is 7.57. The molecule has 0 saturated carbocycles. The van der Waals surface area contributed by atoms with Gasteiger partial charge in [0.2, 0.25) is 0 Å². The highest BCUT2D eigenvalue weighted by atomic mass is 31.2. The molecule has 0 aromatic carbocycles. The van der Waals surface area contributed by atoms with Gasteiger partial charge in [0.25, 0.3) is 0 Å². The van der Waals surface area contributed by atoms with Crippen LogP contribution in [-0.4, -0.2) is 40.0 Å². The van der Waals surface area contributed by atoms with Crippen LogP contribution in [0.3, 0.4) is 0 Å². The molecule has 0 aromatic heterocycles. The topological polar surface area (TPSA) is 54.0 Å². The Morgan fingerprint density at radius 1 is 0.900 bits per heavy atom. The van der Waals surface area contributed by atoms with Crippen LogP contribution in [0, 0.1) is 0 Å². The fourth-order valence-corrected chi connectivity index (χ4v) is 7.63. The van der Waals surface area contributed by atoms with E-state index in [1.807, 2.05) is 48.5 Å². The van der Waals surface area contributed by atoms with Crippen molar-refractivity contribution in [3.63, 3.8) is 0 Å². The first kappa shape index (κ1) is 20.3. The lowest BCUT2D eigenvalue weighted by Gasteiger charge is -2.32. The fourth-order valence-electron chi connectivity index (χ4n) is 1.93. The molecule has 0 aromatic rings. The second-order valence-electron chi connectivity index (χ2n) is 5.10. The molecule has 0 spiro atoms. The smallest absolute Gasteiger partial charge is 0.336 e. The molecule has 0 N–H and O–H groups in total. The molecular formula is C13H31O5PSi. The molecule has 0 radical (unpaired) electrons. The zero-order valence-electron chi connectivity index (χ0n) is 13.9. The SMILES string of the molecule is CCO[SiH](OCC)C(CC)P(=O)(OC(C)C)OC(C)C. The van der Waals surface area contributed by atoms with E-state index in [1.54, 1.807) is 0 Å². The summed E-state index contributed by atoms with van der Waals surface area (Å²) in [6.07, 6.45) is 0.339. The van der Waals surface area contributed by atoms with Crippen molar-refractivity contribution in [2.24, 2.45) is 0 Å². The molecule has 20 heavy (non-hydrogen) atoms. The Labute approximate surface area is 125 Å². The Balaban J connectivity index is 5.27. The third-order valence-electron chi connectivity index (χ3n) is 2.52. The predicted octanol–water partition coefficient (Wildman–Crippen LogP) is 3.64. The summed E-state index contributed by atoms with van der Waals surface area (Å²) in [5.74, 6) is 0. The quantitative estimate of drug-likeness (QED) is 0.428. The molecule has 0 rings (SSSR count). The van der Waals surface area contributed by atoms with Gasteiger partial charge in [-0.2, -0.15) is 0 Å². The third-order valence-corrected chi connectivity index (χ3v) is 9.37. The van der Waals surface area contributed by atoms with Gasteiger partial charge in [-0.25, -0.2) is 0 Å². The Hall–Kier alpha value is 0.287. The lowest BCUT2D eigenvalue weighted by molar-refractivity contribution is 0.134. The maximum atomic E-state index is 13.2. The van der Waals surface area contributed by atoms with Gasteiger partial charge in [0.1, 0.15) is 5.28 Å². The summed E-state index contributed by atoms with van der Waals surface area (Å²) in [4.78, 5) is 0. The molecule has 0 heterocycles. The Kier molecular flexibility index (Phi) is 10.2. The van der Waals surface area contributed by atoms with E-state index in [9.17, 15) is 4.57 Å². The molecule has 122 valence electrons. The van der Waals surface area contributed by atoms with E-state index in [4.69, 9.17) is 17.9 Å². The molecule has 0 aliphatic rings. The predicted molar refractivity (Wildman–Crippen MR) is 84.5 cm³/mol. The van der Waals surface area contributed by atoms with Crippen molar-refractivity contribution in [1.29, 1.82) is 0 Å². The monoisotopic (exact) mass is 326 g/mol. The summed E-state index contributed by atoms with van der Waals surface area (Å²) in [5, 5.41) is -0.285. The molecule has 0 amide bonds. The normalized spacial score (nSPS) is 14.5. The Bertz CT molecular complexity index is 278. The van der Waals surface area contributed by atoms with E-state index >= 15 is 0 Å². The van der Waals surface area contributed by atoms with Crippen molar-refractivity contribution >= 4 is 16.9 Å². The first-order chi connectivity index (χ1) is 9.30. The van der Waals surface area contributed by atoms with Crippen molar-refractivity contribution in [1.82, 2.24) is 0 Å². The highest BCUT2D eigenvalue weighted by Gasteiger charge is 2.44. The molecule has 0 aliphatic carbocycles. The van der Waals surface area contributed by atoms with E-state index in [1.165, 1.54) is 0 Å². The Morgan fingerprint density at radius 2 is 1.30 bits per heavy atom. The molecule has 0 fully saturated rings. The van der Waals surface area contributed by atoms with E-state index < -0.39 is 16.9 Å². The minimum atomic E-state index is -3.25. The van der Waals surface area contributed by atoms with Gasteiger partial charge in [0.15, 0.2) is 0 Å². The van der Waals surface area contributed by atoms with Gasteiger partial charge in [-0.1, -0.05) is 6.92 Å². The number of hydrogen-bond acceptors (Lipinski definition) is 5. The third kappa shape index (κ3) is 6.83. The van der Waals surface area contributed by atoms with Gasteiger partial charge >= 0.3 is 16.9 Å². The van der Waals surface area contributed by atoms with Crippen LogP contribution in [0.15, 0.2) is 0 Å². The van der Waals surface area contributed by atoms with Gasteiger partial charge in [-0.15, -0.1) is 0 Å². The summed E-state index contributed by atoms with van der Waals surface area (Å²) < 4.78 is 36.0. The summed E-state index contributed by atoms with van der Waals surface area (Å²) >= 11 is 0. The summed E-state index contributed by atoms with van der Waals surface area (Å²) in [6, 6.07) is 0. The minimum Gasteiger partial charge on any atom is -0.396 e. The van der Waals surface area contributed by atoms with Crippen molar-refractivity contribution in [3.05, 3.63) is 0 Å². The first-order valence-electron chi connectivity index (χ1n) is 7.50. The van der Waals surface area contributed by atoms with Crippen LogP contribution in [0.1, 0.15) is 54.9 Å². The van der Waals surface area contributed by atoms with E-state index in [0.717, 1.165) is 0 Å². The highest BCUT2D eigenvalue weighted by Crippen LogP contribution is 2.57. The van der Waals surface area contributed by atoms with Crippen molar-refractivity contribution in [3.8, 4) is 0 Å². The van der Waals surface area contributed by atoms with E-state index in [2.05, 4.69) is 0 Å². The molecule has 0 saturated heterocycles. The van der Waals surface area contributed by atoms with Crippen molar-refractivity contribution in [2.45, 2.75) is 72.4 Å². The van der Waals surface area contributed by atoms with Gasteiger partial charge in [0, 0.05) is 13.2 Å². The largest absolute Gasteiger partial charge is 0.396 e. The van der Waals surface area contributed by atoms with Crippen LogP contribution < -0.4 is 0 Å². The molecule has 0 bridgehead atoms. The Morgan fingerprint density at radius 3 is 1.55 bits per heavy atom. The average Bonchev–Trinajstić information content (AvgIpc) is 2.27. The molecule has 5 nitrogen and oxygen atoms in total. The van der Waals surface area contributed by atoms with Crippen molar-refractivity contribution in [2.75, 3.05) is 13.2 Å². The van der Waals surface area contributed by atoms with Gasteiger partial charge in [-0.05, 0) is 48.0 Å². The second kappa shape index (κ2) is 10.1. The van der Waals surface area contributed by atoms with Gasteiger partial charge in [0.05, 0.1) is 12.2 Å². The standard InChI is InChI=1S/C13H31O5PSi/c1-8-13(20(15-9-2)16-10-3)19(14,17-11(4)5)18-12(6)7/h11-13,20H,8-10H2,1-7H3. The van der Waals surface area contributed by atoms with Crippen LogP contribution in [0.25, 0.3) is 0 Å². The maximum absolute atomic E-state index is 13.2.